The van der Waals surface area contributed by atoms with Crippen LogP contribution in [0.3, 0.4) is 0 Å². The molecule has 0 aliphatic carbocycles. The minimum Gasteiger partial charge on any atom is -0.370 e. The molecule has 11 heteroatoms. The quantitative estimate of drug-likeness (QED) is 0.527. The van der Waals surface area contributed by atoms with E-state index in [-0.39, 0.29) is 16.4 Å². The molecule has 1 aromatic heterocycles. The number of nitrogens with two attached hydrogens (primary N) is 2. The topological polar surface area (TPSA) is 139 Å². The number of anilines is 1. The normalized spacial score (nSPS) is 14.5. The van der Waals surface area contributed by atoms with Gasteiger partial charge in [-0.05, 0) is 29.6 Å². The number of amides is 2. The van der Waals surface area contributed by atoms with Crippen molar-refractivity contribution >= 4 is 44.6 Å². The van der Waals surface area contributed by atoms with Crippen LogP contribution in [0.4, 0.5) is 5.69 Å². The second kappa shape index (κ2) is 8.21. The fourth-order valence-electron chi connectivity index (χ4n) is 3.09. The Balaban J connectivity index is 1.83. The lowest BCUT2D eigenvalue weighted by molar-refractivity contribution is 0.0751. The van der Waals surface area contributed by atoms with E-state index in [4.69, 9.17) is 11.5 Å². The van der Waals surface area contributed by atoms with Gasteiger partial charge in [0.05, 0.1) is 15.5 Å². The first-order valence-electron chi connectivity index (χ1n) is 8.72. The largest absolute Gasteiger partial charge is 0.370 e. The summed E-state index contributed by atoms with van der Waals surface area (Å²) in [4.78, 5) is 32.3. The lowest BCUT2D eigenvalue weighted by atomic mass is 10.1. The van der Waals surface area contributed by atoms with Crippen molar-refractivity contribution in [1.82, 2.24) is 4.90 Å². The lowest BCUT2D eigenvalue weighted by Crippen LogP contribution is -2.49. The molecule has 0 saturated carbocycles. The van der Waals surface area contributed by atoms with E-state index in [1.807, 2.05) is 16.3 Å². The molecule has 0 bridgehead atoms. The minimum atomic E-state index is -3.62. The summed E-state index contributed by atoms with van der Waals surface area (Å²) in [6, 6.07) is 7.96. The molecule has 9 nitrogen and oxygen atoms in total. The second-order valence-corrected chi connectivity index (χ2v) is 9.48. The van der Waals surface area contributed by atoms with Crippen LogP contribution in [0.2, 0.25) is 0 Å². The first-order valence-corrected chi connectivity index (χ1v) is 11.5. The van der Waals surface area contributed by atoms with Crippen molar-refractivity contribution in [1.29, 1.82) is 0 Å². The maximum absolute atomic E-state index is 12.5. The van der Waals surface area contributed by atoms with Crippen molar-refractivity contribution in [3.05, 3.63) is 46.2 Å². The van der Waals surface area contributed by atoms with Crippen LogP contribution in [0.5, 0.6) is 0 Å². The summed E-state index contributed by atoms with van der Waals surface area (Å²) in [6.07, 6.45) is 1.08. The zero-order valence-corrected chi connectivity index (χ0v) is 17.4. The van der Waals surface area contributed by atoms with Crippen molar-refractivity contribution in [3.8, 4) is 0 Å². The van der Waals surface area contributed by atoms with Gasteiger partial charge in [0.15, 0.2) is 15.8 Å². The van der Waals surface area contributed by atoms with Crippen LogP contribution in [0, 0.1) is 0 Å². The van der Waals surface area contributed by atoms with Gasteiger partial charge in [-0.3, -0.25) is 9.59 Å². The number of carbonyl (C=O) groups is 2. The number of thiophene rings is 1. The molecule has 4 N–H and O–H groups in total. The van der Waals surface area contributed by atoms with Gasteiger partial charge in [0.25, 0.3) is 11.8 Å². The molecule has 154 valence electrons. The summed E-state index contributed by atoms with van der Waals surface area (Å²) in [7, 11) is -3.62. The number of piperazine rings is 1. The van der Waals surface area contributed by atoms with Crippen molar-refractivity contribution in [2.45, 2.75) is 4.90 Å². The molecule has 0 spiro atoms. The first-order chi connectivity index (χ1) is 13.7. The Morgan fingerprint density at radius 2 is 1.79 bits per heavy atom. The third-order valence-corrected chi connectivity index (χ3v) is 6.46. The third-order valence-electron chi connectivity index (χ3n) is 4.48. The zero-order valence-electron chi connectivity index (χ0n) is 15.7. The van der Waals surface area contributed by atoms with Crippen molar-refractivity contribution < 1.29 is 18.0 Å². The number of hydrogen-bond acceptors (Lipinski definition) is 6. The number of sulfone groups is 1. The Hall–Kier alpha value is -2.92. The molecule has 2 amide bonds. The van der Waals surface area contributed by atoms with E-state index < -0.39 is 21.7 Å². The van der Waals surface area contributed by atoms with Gasteiger partial charge in [-0.2, -0.15) is 4.99 Å². The standard InChI is InChI=1S/C18H21N5O4S2/c1-29(26,27)15-11-12(16(24)21-18(19)20)4-5-13(15)22-6-8-23(9-7-22)17(25)14-3-2-10-28-14/h2-5,10-11H,6-9H2,1H3,(H4,19,20,21,24). The van der Waals surface area contributed by atoms with Crippen molar-refractivity contribution in [3.63, 3.8) is 0 Å². The zero-order chi connectivity index (χ0) is 21.2. The number of aliphatic imine (C=N–C) groups is 1. The maximum Gasteiger partial charge on any atom is 0.280 e. The Morgan fingerprint density at radius 3 is 2.34 bits per heavy atom. The average molecular weight is 436 g/mol. The average Bonchev–Trinajstić information content (AvgIpc) is 3.20. The van der Waals surface area contributed by atoms with E-state index in [2.05, 4.69) is 4.99 Å². The Labute approximate surface area is 172 Å². The van der Waals surface area contributed by atoms with Crippen molar-refractivity contribution in [2.24, 2.45) is 16.5 Å². The maximum atomic E-state index is 12.5. The van der Waals surface area contributed by atoms with Crippen LogP contribution in [-0.4, -0.2) is 63.5 Å². The number of guanidine groups is 1. The van der Waals surface area contributed by atoms with Crippen LogP contribution in [0.25, 0.3) is 0 Å². The summed E-state index contributed by atoms with van der Waals surface area (Å²) in [5, 5.41) is 1.85. The van der Waals surface area contributed by atoms with Crippen LogP contribution in [-0.2, 0) is 9.84 Å². The van der Waals surface area contributed by atoms with Crippen LogP contribution in [0.1, 0.15) is 20.0 Å². The van der Waals surface area contributed by atoms with Gasteiger partial charge < -0.3 is 21.3 Å². The molecular formula is C18H21N5O4S2. The summed E-state index contributed by atoms with van der Waals surface area (Å²) in [5.41, 5.74) is 11.0. The van der Waals surface area contributed by atoms with E-state index in [9.17, 15) is 18.0 Å². The Morgan fingerprint density at radius 1 is 1.10 bits per heavy atom. The summed E-state index contributed by atoms with van der Waals surface area (Å²) >= 11 is 1.39. The number of carbonyl (C=O) groups excluding carboxylic acids is 2. The summed E-state index contributed by atoms with van der Waals surface area (Å²) in [6.45, 7) is 1.88. The number of rotatable bonds is 4. The Kier molecular flexibility index (Phi) is 5.89. The van der Waals surface area contributed by atoms with Gasteiger partial charge in [0, 0.05) is 38.0 Å². The molecule has 2 aromatic rings. The van der Waals surface area contributed by atoms with Gasteiger partial charge in [0.2, 0.25) is 0 Å². The highest BCUT2D eigenvalue weighted by Crippen LogP contribution is 2.28. The molecule has 0 unspecified atom stereocenters. The van der Waals surface area contributed by atoms with Gasteiger partial charge in [-0.25, -0.2) is 8.42 Å². The highest BCUT2D eigenvalue weighted by Gasteiger charge is 2.26. The molecule has 1 aliphatic heterocycles. The predicted molar refractivity (Wildman–Crippen MR) is 112 cm³/mol. The predicted octanol–water partition coefficient (Wildman–Crippen LogP) is 0.528. The minimum absolute atomic E-state index is 0.0205. The van der Waals surface area contributed by atoms with E-state index in [1.54, 1.807) is 17.0 Å². The smallest absolute Gasteiger partial charge is 0.280 e. The van der Waals surface area contributed by atoms with Gasteiger partial charge >= 0.3 is 0 Å². The second-order valence-electron chi connectivity index (χ2n) is 6.55. The Bertz CT molecular complexity index is 1050. The monoisotopic (exact) mass is 435 g/mol. The summed E-state index contributed by atoms with van der Waals surface area (Å²) < 4.78 is 24.7. The summed E-state index contributed by atoms with van der Waals surface area (Å²) in [5.74, 6) is -1.14. The van der Waals surface area contributed by atoms with Gasteiger partial charge in [-0.1, -0.05) is 6.07 Å². The fraction of sp³-hybridized carbons (Fsp3) is 0.278. The highest BCUT2D eigenvalue weighted by molar-refractivity contribution is 7.90. The molecule has 1 aliphatic rings. The molecule has 29 heavy (non-hydrogen) atoms. The van der Waals surface area contributed by atoms with E-state index in [0.717, 1.165) is 6.26 Å². The molecular weight excluding hydrogens is 414 g/mol. The van der Waals surface area contributed by atoms with Crippen LogP contribution in [0.15, 0.2) is 45.6 Å². The molecule has 0 radical (unpaired) electrons. The van der Waals surface area contributed by atoms with Gasteiger partial charge in [-0.15, -0.1) is 11.3 Å². The van der Waals surface area contributed by atoms with Crippen LogP contribution < -0.4 is 16.4 Å². The first kappa shape index (κ1) is 20.8. The van der Waals surface area contributed by atoms with E-state index in [0.29, 0.717) is 36.7 Å². The number of nitrogens with zero attached hydrogens (tertiary/aromatic N) is 3. The SMILES string of the molecule is CS(=O)(=O)c1cc(C(=O)N=C(N)N)ccc1N1CCN(C(=O)c2cccs2)CC1. The molecule has 2 heterocycles. The highest BCUT2D eigenvalue weighted by atomic mass is 32.2. The molecule has 1 fully saturated rings. The van der Waals surface area contributed by atoms with Crippen molar-refractivity contribution in [2.75, 3.05) is 37.3 Å². The van der Waals surface area contributed by atoms with Crippen LogP contribution >= 0.6 is 11.3 Å². The van der Waals surface area contributed by atoms with Gasteiger partial charge in [0.1, 0.15) is 0 Å². The molecule has 1 aromatic carbocycles. The molecule has 1 saturated heterocycles. The lowest BCUT2D eigenvalue weighted by Gasteiger charge is -2.36. The fourth-order valence-corrected chi connectivity index (χ4v) is 4.70. The third kappa shape index (κ3) is 4.74. The molecule has 0 atom stereocenters. The van der Waals surface area contributed by atoms with E-state index in [1.165, 1.54) is 23.5 Å². The number of hydrogen-bond donors (Lipinski definition) is 2. The molecule has 3 rings (SSSR count). The number of benzene rings is 1. The van der Waals surface area contributed by atoms with E-state index >= 15 is 0 Å².